The minimum absolute atomic E-state index is 0.370. The Kier molecular flexibility index (Phi) is 1.79. The summed E-state index contributed by atoms with van der Waals surface area (Å²) < 4.78 is 0. The van der Waals surface area contributed by atoms with Crippen molar-refractivity contribution >= 4 is 5.71 Å². The average Bonchev–Trinajstić information content (AvgIpc) is 2.40. The molecule has 1 aliphatic rings. The second-order valence-electron chi connectivity index (χ2n) is 3.27. The van der Waals surface area contributed by atoms with Gasteiger partial charge in [-0.2, -0.15) is 0 Å². The lowest BCUT2D eigenvalue weighted by atomic mass is 10.5. The summed E-state index contributed by atoms with van der Waals surface area (Å²) in [6.07, 6.45) is 0. The Morgan fingerprint density at radius 2 is 1.30 bits per heavy atom. The average molecular weight is 141 g/mol. The van der Waals surface area contributed by atoms with Crippen molar-refractivity contribution in [3.8, 4) is 0 Å². The molecule has 2 atom stereocenters. The van der Waals surface area contributed by atoms with Gasteiger partial charge < -0.3 is 5.41 Å². The van der Waals surface area contributed by atoms with Gasteiger partial charge in [-0.1, -0.05) is 0 Å². The molecule has 3 heteroatoms. The third-order valence-corrected chi connectivity index (χ3v) is 1.94. The molecule has 1 fully saturated rings. The van der Waals surface area contributed by atoms with Gasteiger partial charge in [0.25, 0.3) is 0 Å². The molecule has 0 aromatic carbocycles. The molecule has 2 unspecified atom stereocenters. The van der Waals surface area contributed by atoms with Crippen LogP contribution in [0.25, 0.3) is 0 Å². The number of rotatable bonds is 2. The van der Waals surface area contributed by atoms with E-state index in [9.17, 15) is 0 Å². The van der Waals surface area contributed by atoms with Crippen molar-refractivity contribution in [3.63, 3.8) is 0 Å². The highest BCUT2D eigenvalue weighted by molar-refractivity contribution is 6.09. The zero-order valence-corrected chi connectivity index (χ0v) is 7.05. The minimum Gasteiger partial charge on any atom is -0.306 e. The molecule has 1 aliphatic carbocycles. The molecule has 0 bridgehead atoms. The van der Waals surface area contributed by atoms with E-state index in [0.717, 1.165) is 5.71 Å². The summed E-state index contributed by atoms with van der Waals surface area (Å²) in [6.45, 7) is 0. The predicted octanol–water partition coefficient (Wildman–Crippen LogP) is -0.120. The number of nitrogens with zero attached hydrogens (tertiary/aromatic N) is 2. The van der Waals surface area contributed by atoms with Gasteiger partial charge in [-0.15, -0.1) is 0 Å². The largest absolute Gasteiger partial charge is 0.306 e. The molecular formula is C7H15N3. The summed E-state index contributed by atoms with van der Waals surface area (Å²) in [5, 5.41) is 7.50. The molecule has 10 heavy (non-hydrogen) atoms. The first kappa shape index (κ1) is 7.69. The summed E-state index contributed by atoms with van der Waals surface area (Å²) >= 11 is 0. The van der Waals surface area contributed by atoms with Crippen molar-refractivity contribution in [1.82, 2.24) is 9.80 Å². The van der Waals surface area contributed by atoms with Crippen molar-refractivity contribution in [1.29, 1.82) is 5.41 Å². The predicted molar refractivity (Wildman–Crippen MR) is 42.7 cm³/mol. The molecule has 0 heterocycles. The van der Waals surface area contributed by atoms with E-state index < -0.39 is 0 Å². The molecule has 1 rings (SSSR count). The van der Waals surface area contributed by atoms with Crippen LogP contribution in [-0.4, -0.2) is 55.8 Å². The van der Waals surface area contributed by atoms with Gasteiger partial charge in [0.2, 0.25) is 0 Å². The molecule has 1 saturated carbocycles. The van der Waals surface area contributed by atoms with Crippen LogP contribution in [0.3, 0.4) is 0 Å². The van der Waals surface area contributed by atoms with E-state index in [1.54, 1.807) is 0 Å². The van der Waals surface area contributed by atoms with Gasteiger partial charge >= 0.3 is 0 Å². The number of hydrogen-bond acceptors (Lipinski definition) is 3. The molecular weight excluding hydrogens is 126 g/mol. The smallest absolute Gasteiger partial charge is 0.0697 e. The monoisotopic (exact) mass is 141 g/mol. The van der Waals surface area contributed by atoms with Crippen LogP contribution in [0.15, 0.2) is 0 Å². The third kappa shape index (κ3) is 1.07. The standard InChI is InChI=1S/C7H15N3/c1-9(2)6-5(8)7(6)10(3)4/h6-8H,1-4H3. The molecule has 0 spiro atoms. The topological polar surface area (TPSA) is 30.3 Å². The Labute approximate surface area is 62.1 Å². The van der Waals surface area contributed by atoms with Crippen LogP contribution in [0, 0.1) is 5.41 Å². The molecule has 0 aromatic heterocycles. The lowest BCUT2D eigenvalue weighted by Crippen LogP contribution is -2.25. The highest BCUT2D eigenvalue weighted by Gasteiger charge is 2.47. The Balaban J connectivity index is 2.49. The first-order valence-corrected chi connectivity index (χ1v) is 3.47. The Hall–Kier alpha value is -0.410. The molecule has 3 nitrogen and oxygen atoms in total. The Morgan fingerprint density at radius 1 is 1.00 bits per heavy atom. The fourth-order valence-electron chi connectivity index (χ4n) is 1.36. The van der Waals surface area contributed by atoms with E-state index in [2.05, 4.69) is 9.80 Å². The van der Waals surface area contributed by atoms with Crippen LogP contribution in [0.2, 0.25) is 0 Å². The van der Waals surface area contributed by atoms with Crippen LogP contribution >= 0.6 is 0 Å². The highest BCUT2D eigenvalue weighted by Crippen LogP contribution is 2.25. The van der Waals surface area contributed by atoms with E-state index in [0.29, 0.717) is 12.1 Å². The normalized spacial score (nSPS) is 32.0. The number of likely N-dealkylation sites (N-methyl/N-ethyl adjacent to an activating group) is 2. The number of hydrogen-bond donors (Lipinski definition) is 1. The first-order valence-electron chi connectivity index (χ1n) is 3.47. The van der Waals surface area contributed by atoms with Crippen LogP contribution in [0.5, 0.6) is 0 Å². The molecule has 0 amide bonds. The van der Waals surface area contributed by atoms with Gasteiger partial charge in [0.15, 0.2) is 0 Å². The van der Waals surface area contributed by atoms with E-state index in [1.165, 1.54) is 0 Å². The molecule has 0 radical (unpaired) electrons. The van der Waals surface area contributed by atoms with Gasteiger partial charge in [-0.3, -0.25) is 9.80 Å². The summed E-state index contributed by atoms with van der Waals surface area (Å²) in [4.78, 5) is 4.18. The van der Waals surface area contributed by atoms with Crippen LogP contribution in [0.4, 0.5) is 0 Å². The lowest BCUT2D eigenvalue weighted by Gasteiger charge is -2.10. The third-order valence-electron chi connectivity index (χ3n) is 1.94. The number of nitrogens with one attached hydrogen (secondary N) is 1. The van der Waals surface area contributed by atoms with Crippen LogP contribution < -0.4 is 0 Å². The Bertz CT molecular complexity index is 135. The first-order chi connectivity index (χ1) is 4.55. The quantitative estimate of drug-likeness (QED) is 0.581. The van der Waals surface area contributed by atoms with Crippen molar-refractivity contribution < 1.29 is 0 Å². The summed E-state index contributed by atoms with van der Waals surface area (Å²) in [5.41, 5.74) is 0.843. The van der Waals surface area contributed by atoms with Gasteiger partial charge in [0.1, 0.15) is 0 Å². The summed E-state index contributed by atoms with van der Waals surface area (Å²) in [7, 11) is 8.07. The second kappa shape index (κ2) is 2.32. The maximum atomic E-state index is 7.50. The second-order valence-corrected chi connectivity index (χ2v) is 3.27. The molecule has 0 aliphatic heterocycles. The van der Waals surface area contributed by atoms with E-state index in [4.69, 9.17) is 5.41 Å². The van der Waals surface area contributed by atoms with Gasteiger partial charge in [-0.05, 0) is 28.2 Å². The maximum Gasteiger partial charge on any atom is 0.0697 e. The van der Waals surface area contributed by atoms with E-state index in [1.807, 2.05) is 28.2 Å². The van der Waals surface area contributed by atoms with Gasteiger partial charge in [0.05, 0.1) is 12.1 Å². The molecule has 1 N–H and O–H groups in total. The fourth-order valence-corrected chi connectivity index (χ4v) is 1.36. The van der Waals surface area contributed by atoms with E-state index >= 15 is 0 Å². The molecule has 0 saturated heterocycles. The zero-order valence-electron chi connectivity index (χ0n) is 7.05. The van der Waals surface area contributed by atoms with Gasteiger partial charge in [0, 0.05) is 5.71 Å². The minimum atomic E-state index is 0.370. The van der Waals surface area contributed by atoms with Crippen molar-refractivity contribution in [2.45, 2.75) is 12.1 Å². The van der Waals surface area contributed by atoms with Gasteiger partial charge in [-0.25, -0.2) is 0 Å². The Morgan fingerprint density at radius 3 is 1.40 bits per heavy atom. The van der Waals surface area contributed by atoms with Crippen LogP contribution in [-0.2, 0) is 0 Å². The lowest BCUT2D eigenvalue weighted by molar-refractivity contribution is 0.315. The van der Waals surface area contributed by atoms with Crippen molar-refractivity contribution in [3.05, 3.63) is 0 Å². The van der Waals surface area contributed by atoms with Crippen LogP contribution in [0.1, 0.15) is 0 Å². The van der Waals surface area contributed by atoms with E-state index in [-0.39, 0.29) is 0 Å². The van der Waals surface area contributed by atoms with Crippen molar-refractivity contribution in [2.24, 2.45) is 0 Å². The molecule has 0 aromatic rings. The highest BCUT2D eigenvalue weighted by atomic mass is 15.3. The summed E-state index contributed by atoms with van der Waals surface area (Å²) in [6, 6.07) is 0.741. The van der Waals surface area contributed by atoms with Crippen molar-refractivity contribution in [2.75, 3.05) is 28.2 Å². The SMILES string of the molecule is CN(C)C1C(=N)C1N(C)C. The maximum absolute atomic E-state index is 7.50. The fraction of sp³-hybridized carbons (Fsp3) is 0.857. The summed E-state index contributed by atoms with van der Waals surface area (Å²) in [5.74, 6) is 0. The zero-order chi connectivity index (χ0) is 7.89. The molecule has 58 valence electrons.